The van der Waals surface area contributed by atoms with Gasteiger partial charge in [-0.15, -0.1) is 0 Å². The van der Waals surface area contributed by atoms with E-state index in [0.717, 1.165) is 11.5 Å². The van der Waals surface area contributed by atoms with Crippen molar-refractivity contribution in [2.45, 2.75) is 66.7 Å². The Labute approximate surface area is 165 Å². The van der Waals surface area contributed by atoms with E-state index in [2.05, 4.69) is 20.3 Å². The average Bonchev–Trinajstić information content (AvgIpc) is 3.17. The van der Waals surface area contributed by atoms with Crippen molar-refractivity contribution in [2.24, 2.45) is 0 Å². The van der Waals surface area contributed by atoms with Gasteiger partial charge in [-0.05, 0) is 46.6 Å². The number of hydrogen-bond donors (Lipinski definition) is 3. The second-order valence-electron chi connectivity index (χ2n) is 7.50. The first-order chi connectivity index (χ1) is 13.2. The normalized spacial score (nSPS) is 11.5. The van der Waals surface area contributed by atoms with Gasteiger partial charge in [-0.1, -0.05) is 6.92 Å². The minimum absolute atomic E-state index is 0.257. The fourth-order valence-corrected chi connectivity index (χ4v) is 2.90. The molecule has 0 spiro atoms. The van der Waals surface area contributed by atoms with Gasteiger partial charge >= 0.3 is 11.9 Å². The van der Waals surface area contributed by atoms with E-state index >= 15 is 0 Å². The van der Waals surface area contributed by atoms with Crippen LogP contribution in [0.5, 0.6) is 0 Å². The molecule has 2 rings (SSSR count). The Morgan fingerprint density at radius 2 is 1.89 bits per heavy atom. The fourth-order valence-electron chi connectivity index (χ4n) is 2.90. The lowest BCUT2D eigenvalue weighted by atomic mass is 10.1. The van der Waals surface area contributed by atoms with E-state index in [4.69, 9.17) is 9.47 Å². The lowest BCUT2D eigenvalue weighted by Gasteiger charge is -2.19. The number of aromatic amines is 2. The number of aryl methyl sites for hydroxylation is 1. The van der Waals surface area contributed by atoms with Crippen LogP contribution in [-0.2, 0) is 29.0 Å². The molecule has 0 amide bonds. The molecule has 0 atom stereocenters. The van der Waals surface area contributed by atoms with E-state index in [1.54, 1.807) is 27.7 Å². The molecule has 28 heavy (non-hydrogen) atoms. The summed E-state index contributed by atoms with van der Waals surface area (Å²) in [6.45, 7) is 12.1. The predicted octanol–water partition coefficient (Wildman–Crippen LogP) is 3.03. The lowest BCUT2D eigenvalue weighted by Crippen LogP contribution is -2.24. The van der Waals surface area contributed by atoms with Gasteiger partial charge in [0.1, 0.15) is 17.1 Å². The summed E-state index contributed by atoms with van der Waals surface area (Å²) in [5.41, 5.74) is 2.17. The molecule has 2 aromatic heterocycles. The number of rotatable bonds is 8. The minimum Gasteiger partial charge on any atom is -0.462 e. The standard InChI is InChI=1S/C20H30N4O4/c1-7-13-16(18(25)27-8-2)14(10-21-11-15-22-9-12(3)23-15)24-17(13)19(26)28-20(4,5)6/h9,21,24H,7-8,10-11H2,1-6H3,(H,22,23). The van der Waals surface area contributed by atoms with Gasteiger partial charge < -0.3 is 24.8 Å². The molecule has 3 N–H and O–H groups in total. The summed E-state index contributed by atoms with van der Waals surface area (Å²) < 4.78 is 10.7. The van der Waals surface area contributed by atoms with Gasteiger partial charge in [-0.25, -0.2) is 14.6 Å². The van der Waals surface area contributed by atoms with Crippen molar-refractivity contribution >= 4 is 11.9 Å². The number of hydrogen-bond acceptors (Lipinski definition) is 6. The van der Waals surface area contributed by atoms with Crippen LogP contribution >= 0.6 is 0 Å². The Balaban J connectivity index is 2.30. The topological polar surface area (TPSA) is 109 Å². The number of imidazole rings is 1. The number of nitrogens with one attached hydrogen (secondary N) is 3. The highest BCUT2D eigenvalue weighted by Crippen LogP contribution is 2.24. The quantitative estimate of drug-likeness (QED) is 0.598. The van der Waals surface area contributed by atoms with Crippen molar-refractivity contribution in [1.82, 2.24) is 20.3 Å². The van der Waals surface area contributed by atoms with Crippen LogP contribution in [0.25, 0.3) is 0 Å². The Bertz CT molecular complexity index is 830. The summed E-state index contributed by atoms with van der Waals surface area (Å²) in [4.78, 5) is 35.7. The molecule has 8 heteroatoms. The van der Waals surface area contributed by atoms with Gasteiger partial charge in [0.05, 0.1) is 24.4 Å². The molecule has 0 aliphatic carbocycles. The third-order valence-corrected chi connectivity index (χ3v) is 3.97. The molecule has 0 unspecified atom stereocenters. The van der Waals surface area contributed by atoms with Crippen molar-refractivity contribution in [3.05, 3.63) is 40.2 Å². The SMILES string of the molecule is CCOC(=O)c1c(CNCc2nc(C)c[nH]2)[nH]c(C(=O)OC(C)(C)C)c1CC. The number of nitrogens with zero attached hydrogens (tertiary/aromatic N) is 1. The maximum Gasteiger partial charge on any atom is 0.355 e. The molecule has 8 nitrogen and oxygen atoms in total. The van der Waals surface area contributed by atoms with Crippen molar-refractivity contribution < 1.29 is 19.1 Å². The van der Waals surface area contributed by atoms with E-state index in [-0.39, 0.29) is 6.61 Å². The Morgan fingerprint density at radius 1 is 1.18 bits per heavy atom. The zero-order chi connectivity index (χ0) is 20.9. The molecule has 154 valence electrons. The summed E-state index contributed by atoms with van der Waals surface area (Å²) in [6, 6.07) is 0. The van der Waals surface area contributed by atoms with Gasteiger partial charge in [0.25, 0.3) is 0 Å². The van der Waals surface area contributed by atoms with Crippen LogP contribution in [0.15, 0.2) is 6.20 Å². The maximum atomic E-state index is 12.6. The second-order valence-corrected chi connectivity index (χ2v) is 7.50. The lowest BCUT2D eigenvalue weighted by molar-refractivity contribution is 0.00621. The molecule has 0 aliphatic heterocycles. The number of H-pyrrole nitrogens is 2. The summed E-state index contributed by atoms with van der Waals surface area (Å²) in [6.07, 6.45) is 2.32. The molecule has 2 heterocycles. The molecule has 0 aliphatic rings. The minimum atomic E-state index is -0.632. The molecule has 0 saturated carbocycles. The summed E-state index contributed by atoms with van der Waals surface area (Å²) in [5, 5.41) is 3.24. The van der Waals surface area contributed by atoms with Crippen molar-refractivity contribution in [3.8, 4) is 0 Å². The third-order valence-electron chi connectivity index (χ3n) is 3.97. The zero-order valence-electron chi connectivity index (χ0n) is 17.5. The average molecular weight is 390 g/mol. The van der Waals surface area contributed by atoms with Crippen LogP contribution in [0, 0.1) is 6.92 Å². The molecule has 0 radical (unpaired) electrons. The summed E-state index contributed by atoms with van der Waals surface area (Å²) >= 11 is 0. The smallest absolute Gasteiger partial charge is 0.355 e. The van der Waals surface area contributed by atoms with Gasteiger partial charge in [0.15, 0.2) is 0 Å². The van der Waals surface area contributed by atoms with Gasteiger partial charge in [-0.3, -0.25) is 0 Å². The first-order valence-electron chi connectivity index (χ1n) is 9.52. The van der Waals surface area contributed by atoms with E-state index < -0.39 is 17.5 Å². The zero-order valence-corrected chi connectivity index (χ0v) is 17.5. The van der Waals surface area contributed by atoms with E-state index in [0.29, 0.717) is 42.0 Å². The molecular weight excluding hydrogens is 360 g/mol. The number of aromatic nitrogens is 3. The summed E-state index contributed by atoms with van der Waals surface area (Å²) in [7, 11) is 0. The van der Waals surface area contributed by atoms with Crippen LogP contribution in [-0.4, -0.2) is 39.1 Å². The fraction of sp³-hybridized carbons (Fsp3) is 0.550. The highest BCUT2D eigenvalue weighted by Gasteiger charge is 2.29. The number of esters is 2. The van der Waals surface area contributed by atoms with E-state index in [1.807, 2.05) is 20.0 Å². The second kappa shape index (κ2) is 9.05. The van der Waals surface area contributed by atoms with Crippen LogP contribution in [0.3, 0.4) is 0 Å². The number of carbonyl (C=O) groups excluding carboxylic acids is 2. The van der Waals surface area contributed by atoms with Gasteiger partial charge in [0, 0.05) is 18.4 Å². The van der Waals surface area contributed by atoms with Crippen molar-refractivity contribution in [3.63, 3.8) is 0 Å². The van der Waals surface area contributed by atoms with E-state index in [9.17, 15) is 9.59 Å². The van der Waals surface area contributed by atoms with Crippen LogP contribution in [0.2, 0.25) is 0 Å². The van der Waals surface area contributed by atoms with Crippen LogP contribution in [0.4, 0.5) is 0 Å². The Hall–Kier alpha value is -2.61. The maximum absolute atomic E-state index is 12.6. The molecular formula is C20H30N4O4. The number of ether oxygens (including phenoxy) is 2. The Kier molecular flexibility index (Phi) is 7.01. The predicted molar refractivity (Wildman–Crippen MR) is 105 cm³/mol. The third kappa shape index (κ3) is 5.45. The van der Waals surface area contributed by atoms with Crippen LogP contribution in [0.1, 0.15) is 78.2 Å². The molecule has 0 aromatic carbocycles. The Morgan fingerprint density at radius 3 is 2.43 bits per heavy atom. The van der Waals surface area contributed by atoms with Crippen molar-refractivity contribution in [1.29, 1.82) is 0 Å². The monoisotopic (exact) mass is 390 g/mol. The first kappa shape index (κ1) is 21.7. The highest BCUT2D eigenvalue weighted by atomic mass is 16.6. The first-order valence-corrected chi connectivity index (χ1v) is 9.52. The van der Waals surface area contributed by atoms with Crippen LogP contribution < -0.4 is 5.32 Å². The highest BCUT2D eigenvalue weighted by molar-refractivity contribution is 5.98. The van der Waals surface area contributed by atoms with Crippen molar-refractivity contribution in [2.75, 3.05) is 6.61 Å². The molecule has 0 saturated heterocycles. The summed E-state index contributed by atoms with van der Waals surface area (Å²) in [5.74, 6) is -0.135. The molecule has 0 fully saturated rings. The molecule has 2 aromatic rings. The molecule has 0 bridgehead atoms. The van der Waals surface area contributed by atoms with E-state index in [1.165, 1.54) is 0 Å². The van der Waals surface area contributed by atoms with Gasteiger partial charge in [0.2, 0.25) is 0 Å². The van der Waals surface area contributed by atoms with Gasteiger partial charge in [-0.2, -0.15) is 0 Å². The largest absolute Gasteiger partial charge is 0.462 e. The number of carbonyl (C=O) groups is 2.